The topological polar surface area (TPSA) is 53.2 Å². The molecular weight excluding hydrogens is 300 g/mol. The molecule has 1 aromatic heterocycles. The summed E-state index contributed by atoms with van der Waals surface area (Å²) in [5.41, 5.74) is 5.19. The minimum absolute atomic E-state index is 0.00907. The SMILES string of the molecule is CC(=O)c1c(C)[nH]c(C(=O)N2CC=C(c3ccccc3)CC2)c1C. The fourth-order valence-electron chi connectivity index (χ4n) is 3.42. The molecule has 4 heteroatoms. The van der Waals surface area contributed by atoms with Gasteiger partial charge in [0.25, 0.3) is 5.91 Å². The number of rotatable bonds is 3. The van der Waals surface area contributed by atoms with Gasteiger partial charge in [-0.05, 0) is 43.9 Å². The number of aromatic nitrogens is 1. The zero-order valence-corrected chi connectivity index (χ0v) is 14.3. The Morgan fingerprint density at radius 3 is 2.38 bits per heavy atom. The molecule has 0 spiro atoms. The second kappa shape index (κ2) is 6.48. The molecule has 0 saturated carbocycles. The highest BCUT2D eigenvalue weighted by Crippen LogP contribution is 2.25. The van der Waals surface area contributed by atoms with Crippen LogP contribution in [0.25, 0.3) is 5.57 Å². The molecule has 0 atom stereocenters. The van der Waals surface area contributed by atoms with Gasteiger partial charge in [0.15, 0.2) is 5.78 Å². The Balaban J connectivity index is 1.80. The fourth-order valence-corrected chi connectivity index (χ4v) is 3.42. The smallest absolute Gasteiger partial charge is 0.270 e. The number of aryl methyl sites for hydroxylation is 1. The van der Waals surface area contributed by atoms with Gasteiger partial charge in [-0.3, -0.25) is 9.59 Å². The first-order chi connectivity index (χ1) is 11.5. The summed E-state index contributed by atoms with van der Waals surface area (Å²) < 4.78 is 0. The maximum absolute atomic E-state index is 12.8. The predicted molar refractivity (Wildman–Crippen MR) is 95.2 cm³/mol. The molecule has 0 bridgehead atoms. The molecule has 124 valence electrons. The number of hydrogen-bond donors (Lipinski definition) is 1. The average molecular weight is 322 g/mol. The molecule has 0 fully saturated rings. The van der Waals surface area contributed by atoms with E-state index in [9.17, 15) is 9.59 Å². The summed E-state index contributed by atoms with van der Waals surface area (Å²) in [6.45, 7) is 6.49. The first-order valence-corrected chi connectivity index (χ1v) is 8.23. The molecule has 4 nitrogen and oxygen atoms in total. The monoisotopic (exact) mass is 322 g/mol. The highest BCUT2D eigenvalue weighted by atomic mass is 16.2. The molecule has 0 aliphatic carbocycles. The number of aromatic amines is 1. The van der Waals surface area contributed by atoms with Crippen LogP contribution in [0.5, 0.6) is 0 Å². The van der Waals surface area contributed by atoms with Crippen molar-refractivity contribution in [1.82, 2.24) is 9.88 Å². The van der Waals surface area contributed by atoms with E-state index < -0.39 is 0 Å². The first-order valence-electron chi connectivity index (χ1n) is 8.23. The molecule has 1 aliphatic heterocycles. The van der Waals surface area contributed by atoms with E-state index >= 15 is 0 Å². The average Bonchev–Trinajstić information content (AvgIpc) is 2.89. The van der Waals surface area contributed by atoms with E-state index in [1.165, 1.54) is 18.1 Å². The minimum Gasteiger partial charge on any atom is -0.354 e. The van der Waals surface area contributed by atoms with Crippen molar-refractivity contribution >= 4 is 17.3 Å². The van der Waals surface area contributed by atoms with E-state index in [2.05, 4.69) is 23.2 Å². The number of benzene rings is 1. The van der Waals surface area contributed by atoms with Crippen LogP contribution >= 0.6 is 0 Å². The minimum atomic E-state index is -0.0357. The van der Waals surface area contributed by atoms with E-state index in [-0.39, 0.29) is 11.7 Å². The van der Waals surface area contributed by atoms with Crippen molar-refractivity contribution in [3.63, 3.8) is 0 Å². The lowest BCUT2D eigenvalue weighted by molar-refractivity contribution is 0.0767. The maximum atomic E-state index is 12.8. The molecule has 3 rings (SSSR count). The van der Waals surface area contributed by atoms with Crippen LogP contribution in [0, 0.1) is 13.8 Å². The van der Waals surface area contributed by atoms with Crippen molar-refractivity contribution in [1.29, 1.82) is 0 Å². The summed E-state index contributed by atoms with van der Waals surface area (Å²) in [5, 5.41) is 0. The second-order valence-electron chi connectivity index (χ2n) is 6.28. The Labute approximate surface area is 142 Å². The van der Waals surface area contributed by atoms with Crippen molar-refractivity contribution in [2.75, 3.05) is 13.1 Å². The zero-order valence-electron chi connectivity index (χ0n) is 14.3. The number of carbonyl (C=O) groups is 2. The van der Waals surface area contributed by atoms with Gasteiger partial charge in [0, 0.05) is 24.3 Å². The Morgan fingerprint density at radius 1 is 1.12 bits per heavy atom. The Kier molecular flexibility index (Phi) is 4.38. The largest absolute Gasteiger partial charge is 0.354 e. The molecule has 2 aromatic rings. The number of H-pyrrole nitrogens is 1. The van der Waals surface area contributed by atoms with Crippen molar-refractivity contribution in [3.05, 3.63) is 64.5 Å². The Hall–Kier alpha value is -2.62. The van der Waals surface area contributed by atoms with E-state index in [1.807, 2.05) is 36.9 Å². The third-order valence-corrected chi connectivity index (χ3v) is 4.64. The van der Waals surface area contributed by atoms with Crippen molar-refractivity contribution in [2.24, 2.45) is 0 Å². The van der Waals surface area contributed by atoms with Crippen LogP contribution in [-0.4, -0.2) is 34.7 Å². The van der Waals surface area contributed by atoms with Gasteiger partial charge >= 0.3 is 0 Å². The van der Waals surface area contributed by atoms with E-state index in [0.29, 0.717) is 24.3 Å². The first kappa shape index (κ1) is 16.2. The quantitative estimate of drug-likeness (QED) is 0.875. The zero-order chi connectivity index (χ0) is 17.3. The van der Waals surface area contributed by atoms with Crippen LogP contribution in [-0.2, 0) is 0 Å². The number of ketones is 1. The Morgan fingerprint density at radius 2 is 1.83 bits per heavy atom. The van der Waals surface area contributed by atoms with Crippen molar-refractivity contribution < 1.29 is 9.59 Å². The highest BCUT2D eigenvalue weighted by molar-refractivity contribution is 6.02. The highest BCUT2D eigenvalue weighted by Gasteiger charge is 2.25. The molecule has 0 unspecified atom stereocenters. The molecule has 0 saturated heterocycles. The van der Waals surface area contributed by atoms with Gasteiger partial charge in [-0.25, -0.2) is 0 Å². The number of amides is 1. The third kappa shape index (κ3) is 2.92. The maximum Gasteiger partial charge on any atom is 0.270 e. The van der Waals surface area contributed by atoms with Gasteiger partial charge in [-0.2, -0.15) is 0 Å². The number of nitrogens with one attached hydrogen (secondary N) is 1. The Bertz CT molecular complexity index is 816. The van der Waals surface area contributed by atoms with Gasteiger partial charge < -0.3 is 9.88 Å². The van der Waals surface area contributed by atoms with Crippen molar-refractivity contribution in [3.8, 4) is 0 Å². The van der Waals surface area contributed by atoms with Crippen LogP contribution in [0.15, 0.2) is 36.4 Å². The molecule has 0 radical (unpaired) electrons. The lowest BCUT2D eigenvalue weighted by Gasteiger charge is -2.26. The number of hydrogen-bond acceptors (Lipinski definition) is 2. The molecule has 1 N–H and O–H groups in total. The molecule has 24 heavy (non-hydrogen) atoms. The summed E-state index contributed by atoms with van der Waals surface area (Å²) in [6, 6.07) is 10.3. The van der Waals surface area contributed by atoms with E-state index in [1.54, 1.807) is 0 Å². The lowest BCUT2D eigenvalue weighted by atomic mass is 9.99. The fraction of sp³-hybridized carbons (Fsp3) is 0.300. The molecule has 1 aliphatic rings. The number of Topliss-reactive ketones (excluding diaryl/α,β-unsaturated/α-hetero) is 1. The third-order valence-electron chi connectivity index (χ3n) is 4.64. The normalized spacial score (nSPS) is 14.5. The molecule has 1 aromatic carbocycles. The summed E-state index contributed by atoms with van der Waals surface area (Å²) in [4.78, 5) is 29.5. The van der Waals surface area contributed by atoms with Gasteiger partial charge in [0.1, 0.15) is 5.69 Å². The van der Waals surface area contributed by atoms with Crippen LogP contribution in [0.2, 0.25) is 0 Å². The molecule has 2 heterocycles. The standard InChI is InChI=1S/C20H22N2O2/c1-13-18(15(3)23)14(2)21-19(13)20(24)22-11-9-17(10-12-22)16-7-5-4-6-8-16/h4-9,21H,10-12H2,1-3H3. The van der Waals surface area contributed by atoms with Crippen LogP contribution < -0.4 is 0 Å². The van der Waals surface area contributed by atoms with E-state index in [0.717, 1.165) is 17.7 Å². The van der Waals surface area contributed by atoms with Crippen LogP contribution in [0.1, 0.15) is 51.0 Å². The predicted octanol–water partition coefficient (Wildman–Crippen LogP) is 3.76. The van der Waals surface area contributed by atoms with Gasteiger partial charge in [-0.1, -0.05) is 36.4 Å². The van der Waals surface area contributed by atoms with Gasteiger partial charge in [0.05, 0.1) is 0 Å². The molecular formula is C20H22N2O2. The second-order valence-corrected chi connectivity index (χ2v) is 6.28. The summed E-state index contributed by atoms with van der Waals surface area (Å²) in [7, 11) is 0. The van der Waals surface area contributed by atoms with Crippen LogP contribution in [0.3, 0.4) is 0 Å². The van der Waals surface area contributed by atoms with Gasteiger partial charge in [0.2, 0.25) is 0 Å². The number of nitrogens with zero attached hydrogens (tertiary/aromatic N) is 1. The van der Waals surface area contributed by atoms with Crippen molar-refractivity contribution in [2.45, 2.75) is 27.2 Å². The summed E-state index contributed by atoms with van der Waals surface area (Å²) in [6.07, 6.45) is 2.96. The van der Waals surface area contributed by atoms with Gasteiger partial charge in [-0.15, -0.1) is 0 Å². The van der Waals surface area contributed by atoms with E-state index in [4.69, 9.17) is 0 Å². The lowest BCUT2D eigenvalue weighted by Crippen LogP contribution is -2.35. The van der Waals surface area contributed by atoms with Crippen LogP contribution in [0.4, 0.5) is 0 Å². The summed E-state index contributed by atoms with van der Waals surface area (Å²) >= 11 is 0. The number of carbonyl (C=O) groups excluding carboxylic acids is 2. The molecule has 1 amide bonds. The summed E-state index contributed by atoms with van der Waals surface area (Å²) in [5.74, 6) is -0.0448.